The lowest BCUT2D eigenvalue weighted by Gasteiger charge is -1.81. The molecule has 1 rings (SSSR count). The second-order valence-electron chi connectivity index (χ2n) is 1.30. The van der Waals surface area contributed by atoms with Crippen LogP contribution in [0.25, 0.3) is 0 Å². The van der Waals surface area contributed by atoms with E-state index >= 15 is 0 Å². The molecule has 1 aromatic rings. The molecule has 0 atom stereocenters. The highest BCUT2D eigenvalue weighted by Gasteiger charge is 1.74. The van der Waals surface area contributed by atoms with E-state index in [-0.39, 0.29) is 0 Å². The van der Waals surface area contributed by atoms with E-state index in [1.165, 1.54) is 0 Å². The summed E-state index contributed by atoms with van der Waals surface area (Å²) in [7, 11) is 0. The summed E-state index contributed by atoms with van der Waals surface area (Å²) in [6.45, 7) is 7.86. The first-order valence-electron chi connectivity index (χ1n) is 2.63. The number of hydrogen-bond acceptors (Lipinski definition) is 2. The third-order valence-corrected chi connectivity index (χ3v) is 0.695. The van der Waals surface area contributed by atoms with Gasteiger partial charge in [0.2, 0.25) is 0 Å². The first-order chi connectivity index (χ1) is 4.39. The minimum Gasteiger partial charge on any atom is -0.242 e. The summed E-state index contributed by atoms with van der Waals surface area (Å²) in [5.41, 5.74) is 0. The largest absolute Gasteiger partial charge is 0.242 e. The maximum Gasteiger partial charge on any atom is 0.125 e. The Morgan fingerprint density at radius 1 is 1.22 bits per heavy atom. The van der Waals surface area contributed by atoms with Gasteiger partial charge in [0.05, 0.1) is 0 Å². The van der Waals surface area contributed by atoms with Gasteiger partial charge in [-0.2, -0.15) is 0 Å². The van der Waals surface area contributed by atoms with E-state index in [4.69, 9.17) is 0 Å². The van der Waals surface area contributed by atoms with Crippen molar-refractivity contribution in [2.75, 3.05) is 0 Å². The second-order valence-corrected chi connectivity index (χ2v) is 1.30. The topological polar surface area (TPSA) is 25.8 Å². The molecule has 0 radical (unpaired) electrons. The van der Waals surface area contributed by atoms with E-state index in [1.807, 2.05) is 6.92 Å². The average molecular weight is 122 g/mol. The smallest absolute Gasteiger partial charge is 0.125 e. The van der Waals surface area contributed by atoms with Gasteiger partial charge in [-0.3, -0.25) is 0 Å². The number of aryl methyl sites for hydroxylation is 1. The zero-order valence-electron chi connectivity index (χ0n) is 5.54. The van der Waals surface area contributed by atoms with Crippen molar-refractivity contribution in [1.29, 1.82) is 0 Å². The number of hydrogen-bond donors (Lipinski definition) is 0. The maximum atomic E-state index is 3.87. The molecule has 48 valence electrons. The van der Waals surface area contributed by atoms with Gasteiger partial charge in [0.25, 0.3) is 0 Å². The van der Waals surface area contributed by atoms with Crippen LogP contribution < -0.4 is 0 Å². The quantitative estimate of drug-likeness (QED) is 0.488. The van der Waals surface area contributed by atoms with Crippen LogP contribution in [-0.2, 0) is 0 Å². The van der Waals surface area contributed by atoms with Crippen molar-refractivity contribution in [2.45, 2.75) is 6.92 Å². The number of aromatic nitrogens is 2. The zero-order chi connectivity index (χ0) is 7.11. The molecule has 0 fully saturated rings. The van der Waals surface area contributed by atoms with E-state index < -0.39 is 0 Å². The van der Waals surface area contributed by atoms with Crippen LogP contribution >= 0.6 is 0 Å². The van der Waals surface area contributed by atoms with Crippen molar-refractivity contribution < 1.29 is 0 Å². The third-order valence-electron chi connectivity index (χ3n) is 0.695. The Balaban J connectivity index is 0.000000291. The molecule has 1 aromatic heterocycles. The molecule has 0 spiro atoms. The minimum atomic E-state index is 0.822. The summed E-state index contributed by atoms with van der Waals surface area (Å²) in [4.78, 5) is 7.74. The Bertz CT molecular complexity index is 148. The van der Waals surface area contributed by atoms with Crippen molar-refractivity contribution in [3.8, 4) is 0 Å². The van der Waals surface area contributed by atoms with E-state index in [9.17, 15) is 0 Å². The molecule has 1 heterocycles. The van der Waals surface area contributed by atoms with Gasteiger partial charge in [-0.05, 0) is 13.0 Å². The molecule has 0 unspecified atom stereocenters. The van der Waals surface area contributed by atoms with Crippen LogP contribution in [0.3, 0.4) is 0 Å². The van der Waals surface area contributed by atoms with Gasteiger partial charge in [0.15, 0.2) is 0 Å². The zero-order valence-corrected chi connectivity index (χ0v) is 5.54. The molecular formula is C7H10N2. The summed E-state index contributed by atoms with van der Waals surface area (Å²) in [5, 5.41) is 0. The van der Waals surface area contributed by atoms with Crippen LogP contribution in [0.5, 0.6) is 0 Å². The maximum absolute atomic E-state index is 3.87. The highest BCUT2D eigenvalue weighted by atomic mass is 14.8. The van der Waals surface area contributed by atoms with Crippen LogP contribution in [0.2, 0.25) is 0 Å². The highest BCUT2D eigenvalue weighted by molar-refractivity contribution is 4.83. The van der Waals surface area contributed by atoms with Crippen molar-refractivity contribution in [3.63, 3.8) is 0 Å². The molecular weight excluding hydrogens is 112 g/mol. The van der Waals surface area contributed by atoms with Crippen LogP contribution in [0.15, 0.2) is 31.6 Å². The monoisotopic (exact) mass is 122 g/mol. The molecule has 0 saturated carbocycles. The highest BCUT2D eigenvalue weighted by Crippen LogP contribution is 1.78. The van der Waals surface area contributed by atoms with Gasteiger partial charge in [0, 0.05) is 12.4 Å². The fraction of sp³-hybridized carbons (Fsp3) is 0.143. The predicted molar refractivity (Wildman–Crippen MR) is 38.0 cm³/mol. The van der Waals surface area contributed by atoms with Gasteiger partial charge >= 0.3 is 0 Å². The molecule has 0 aromatic carbocycles. The van der Waals surface area contributed by atoms with Crippen molar-refractivity contribution >= 4 is 0 Å². The van der Waals surface area contributed by atoms with E-state index in [2.05, 4.69) is 23.1 Å². The fourth-order valence-corrected chi connectivity index (χ4v) is 0.374. The average Bonchev–Trinajstić information content (AvgIpc) is 1.94. The van der Waals surface area contributed by atoms with Gasteiger partial charge < -0.3 is 0 Å². The Labute approximate surface area is 55.3 Å². The molecule has 0 aliphatic rings. The molecule has 0 bridgehead atoms. The van der Waals surface area contributed by atoms with Crippen molar-refractivity contribution in [3.05, 3.63) is 37.4 Å². The van der Waals surface area contributed by atoms with Crippen LogP contribution in [0.4, 0.5) is 0 Å². The Kier molecular flexibility index (Phi) is 4.32. The van der Waals surface area contributed by atoms with Crippen molar-refractivity contribution in [1.82, 2.24) is 9.97 Å². The molecule has 2 heteroatoms. The van der Waals surface area contributed by atoms with E-state index in [1.54, 1.807) is 18.5 Å². The van der Waals surface area contributed by atoms with Gasteiger partial charge in [-0.15, -0.1) is 13.2 Å². The standard InChI is InChI=1S/C5H6N2.C2H4/c1-5-6-3-2-4-7-5;1-2/h2-4H,1H3;1-2H2. The lowest BCUT2D eigenvalue weighted by atomic mass is 10.6. The SMILES string of the molecule is C=C.Cc1ncccn1. The second kappa shape index (κ2) is 4.97. The Morgan fingerprint density at radius 3 is 1.89 bits per heavy atom. The normalized spacial score (nSPS) is 7.22. The number of rotatable bonds is 0. The summed E-state index contributed by atoms with van der Waals surface area (Å²) >= 11 is 0. The molecule has 0 amide bonds. The van der Waals surface area contributed by atoms with E-state index in [0.29, 0.717) is 0 Å². The number of nitrogens with zero attached hydrogens (tertiary/aromatic N) is 2. The summed E-state index contributed by atoms with van der Waals surface area (Å²) in [5.74, 6) is 0.822. The third kappa shape index (κ3) is 3.41. The fourth-order valence-electron chi connectivity index (χ4n) is 0.374. The lowest BCUT2D eigenvalue weighted by Crippen LogP contribution is -1.80. The molecule has 2 nitrogen and oxygen atoms in total. The first-order valence-corrected chi connectivity index (χ1v) is 2.63. The molecule has 0 saturated heterocycles. The molecule has 9 heavy (non-hydrogen) atoms. The molecule has 0 aliphatic heterocycles. The predicted octanol–water partition coefficient (Wildman–Crippen LogP) is 1.59. The van der Waals surface area contributed by atoms with Crippen LogP contribution in [-0.4, -0.2) is 9.97 Å². The Hall–Kier alpha value is -1.18. The van der Waals surface area contributed by atoms with Gasteiger partial charge in [-0.25, -0.2) is 9.97 Å². The summed E-state index contributed by atoms with van der Waals surface area (Å²) in [6.07, 6.45) is 3.45. The molecule has 0 aliphatic carbocycles. The van der Waals surface area contributed by atoms with Crippen molar-refractivity contribution in [2.24, 2.45) is 0 Å². The van der Waals surface area contributed by atoms with E-state index in [0.717, 1.165) is 5.82 Å². The van der Waals surface area contributed by atoms with Gasteiger partial charge in [-0.1, -0.05) is 0 Å². The Morgan fingerprint density at radius 2 is 1.67 bits per heavy atom. The summed E-state index contributed by atoms with van der Waals surface area (Å²) < 4.78 is 0. The summed E-state index contributed by atoms with van der Waals surface area (Å²) in [6, 6.07) is 1.80. The first kappa shape index (κ1) is 7.82. The lowest BCUT2D eigenvalue weighted by molar-refractivity contribution is 1.05. The van der Waals surface area contributed by atoms with Crippen LogP contribution in [0, 0.1) is 6.92 Å². The van der Waals surface area contributed by atoms with Gasteiger partial charge in [0.1, 0.15) is 5.82 Å². The molecule has 0 N–H and O–H groups in total. The minimum absolute atomic E-state index is 0.822. The van der Waals surface area contributed by atoms with Crippen LogP contribution in [0.1, 0.15) is 5.82 Å².